The lowest BCUT2D eigenvalue weighted by Crippen LogP contribution is -1.83. The lowest BCUT2D eigenvalue weighted by molar-refractivity contribution is 1.37. The second-order valence-electron chi connectivity index (χ2n) is 3.06. The number of aromatic nitrogens is 2. The standard InChI is InChI=1S/C12H6N2/c1-3-9-5-6-10-4-2-8-14-12(10)11(9)13-7-1/h1,3,5-8H. The molecule has 0 fully saturated rings. The van der Waals surface area contributed by atoms with Crippen molar-refractivity contribution >= 4 is 21.8 Å². The summed E-state index contributed by atoms with van der Waals surface area (Å²) in [6.45, 7) is 0. The van der Waals surface area contributed by atoms with Crippen molar-refractivity contribution in [1.29, 1.82) is 0 Å². The molecule has 0 aliphatic carbocycles. The quantitative estimate of drug-likeness (QED) is 0.494. The molecule has 0 saturated heterocycles. The largest absolute Gasteiger partial charge is 0.254 e. The van der Waals surface area contributed by atoms with Crippen LogP contribution in [0.5, 0.6) is 0 Å². The lowest BCUT2D eigenvalue weighted by Gasteiger charge is -1.99. The second kappa shape index (κ2) is 2.77. The van der Waals surface area contributed by atoms with Crippen molar-refractivity contribution in [2.24, 2.45) is 0 Å². The van der Waals surface area contributed by atoms with Crippen LogP contribution < -0.4 is 0 Å². The number of rotatable bonds is 0. The van der Waals surface area contributed by atoms with Crippen molar-refractivity contribution in [2.75, 3.05) is 0 Å². The highest BCUT2D eigenvalue weighted by atomic mass is 14.7. The number of hydrogen-bond donors (Lipinski definition) is 0. The first kappa shape index (κ1) is 7.44. The van der Waals surface area contributed by atoms with E-state index >= 15 is 0 Å². The molecule has 2 heterocycles. The summed E-state index contributed by atoms with van der Waals surface area (Å²) in [6.07, 6.45) is 3.40. The Bertz CT molecular complexity index is 547. The molecule has 1 aromatic carbocycles. The fourth-order valence-corrected chi connectivity index (χ4v) is 1.57. The average molecular weight is 178 g/mol. The van der Waals surface area contributed by atoms with Gasteiger partial charge in [0.05, 0.1) is 11.0 Å². The third-order valence-electron chi connectivity index (χ3n) is 2.21. The molecule has 0 unspecified atom stereocenters. The minimum absolute atomic E-state index is 0.891. The van der Waals surface area contributed by atoms with Crippen molar-refractivity contribution in [3.05, 3.63) is 48.8 Å². The average Bonchev–Trinajstić information content (AvgIpc) is 2.29. The molecule has 64 valence electrons. The van der Waals surface area contributed by atoms with Gasteiger partial charge in [-0.15, -0.1) is 0 Å². The van der Waals surface area contributed by atoms with Gasteiger partial charge in [-0.25, -0.2) is 0 Å². The number of nitrogens with zero attached hydrogens (tertiary/aromatic N) is 2. The highest BCUT2D eigenvalue weighted by Gasteiger charge is 2.00. The van der Waals surface area contributed by atoms with Crippen LogP contribution in [0.4, 0.5) is 0 Å². The minimum Gasteiger partial charge on any atom is -0.254 e. The van der Waals surface area contributed by atoms with Crippen LogP contribution in [-0.2, 0) is 0 Å². The van der Waals surface area contributed by atoms with Crippen molar-refractivity contribution in [2.45, 2.75) is 0 Å². The molecule has 0 spiro atoms. The van der Waals surface area contributed by atoms with E-state index < -0.39 is 0 Å². The molecule has 14 heavy (non-hydrogen) atoms. The first-order chi connectivity index (χ1) is 6.95. The molecular weight excluding hydrogens is 172 g/mol. The molecule has 0 aliphatic rings. The van der Waals surface area contributed by atoms with Gasteiger partial charge < -0.3 is 0 Å². The van der Waals surface area contributed by atoms with Gasteiger partial charge in [0.15, 0.2) is 0 Å². The summed E-state index contributed by atoms with van der Waals surface area (Å²) in [5.74, 6) is 0. The summed E-state index contributed by atoms with van der Waals surface area (Å²) >= 11 is 0. The first-order valence-corrected chi connectivity index (χ1v) is 4.37. The Kier molecular flexibility index (Phi) is 1.47. The van der Waals surface area contributed by atoms with Crippen molar-refractivity contribution < 1.29 is 0 Å². The summed E-state index contributed by atoms with van der Waals surface area (Å²) in [5, 5.41) is 2.06. The monoisotopic (exact) mass is 178 g/mol. The fourth-order valence-electron chi connectivity index (χ4n) is 1.57. The Morgan fingerprint density at radius 2 is 2.00 bits per heavy atom. The molecule has 0 saturated carbocycles. The molecule has 2 nitrogen and oxygen atoms in total. The molecule has 0 atom stereocenters. The Hall–Kier alpha value is -1.96. The lowest BCUT2D eigenvalue weighted by atomic mass is 10.1. The first-order valence-electron chi connectivity index (χ1n) is 4.37. The van der Waals surface area contributed by atoms with Crippen molar-refractivity contribution in [1.82, 2.24) is 9.97 Å². The molecule has 0 amide bonds. The molecule has 2 heteroatoms. The number of fused-ring (bicyclic) bond motifs is 3. The third kappa shape index (κ3) is 0.973. The van der Waals surface area contributed by atoms with Crippen LogP contribution in [0.2, 0.25) is 0 Å². The summed E-state index contributed by atoms with van der Waals surface area (Å²) in [7, 11) is 0. The van der Waals surface area contributed by atoms with Crippen LogP contribution in [0.1, 0.15) is 0 Å². The van der Waals surface area contributed by atoms with Gasteiger partial charge in [0.1, 0.15) is 0 Å². The van der Waals surface area contributed by atoms with Gasteiger partial charge in [0.2, 0.25) is 0 Å². The van der Waals surface area contributed by atoms with E-state index in [0.29, 0.717) is 0 Å². The SMILES string of the molecule is [c]1[c]c2ccc3cccnc3c2nc1. The summed E-state index contributed by atoms with van der Waals surface area (Å²) in [4.78, 5) is 8.57. The van der Waals surface area contributed by atoms with Crippen LogP contribution in [0, 0.1) is 12.1 Å². The topological polar surface area (TPSA) is 25.8 Å². The van der Waals surface area contributed by atoms with E-state index in [0.717, 1.165) is 21.8 Å². The summed E-state index contributed by atoms with van der Waals surface area (Å²) < 4.78 is 0. The number of benzene rings is 1. The summed E-state index contributed by atoms with van der Waals surface area (Å²) in [5.41, 5.74) is 1.82. The van der Waals surface area contributed by atoms with Crippen LogP contribution in [-0.4, -0.2) is 9.97 Å². The van der Waals surface area contributed by atoms with E-state index in [1.807, 2.05) is 24.3 Å². The molecule has 3 rings (SSSR count). The number of pyridine rings is 2. The van der Waals surface area contributed by atoms with Gasteiger partial charge >= 0.3 is 0 Å². The molecule has 2 aromatic heterocycles. The normalized spacial score (nSPS) is 10.9. The van der Waals surface area contributed by atoms with E-state index in [1.165, 1.54) is 0 Å². The predicted octanol–water partition coefficient (Wildman–Crippen LogP) is 2.38. The predicted molar refractivity (Wildman–Crippen MR) is 54.7 cm³/mol. The van der Waals surface area contributed by atoms with Crippen LogP contribution >= 0.6 is 0 Å². The Labute approximate surface area is 81.2 Å². The molecule has 3 aromatic rings. The zero-order chi connectivity index (χ0) is 9.38. The maximum Gasteiger partial charge on any atom is 0.0971 e. The van der Waals surface area contributed by atoms with Crippen LogP contribution in [0.25, 0.3) is 21.8 Å². The Morgan fingerprint density at radius 1 is 1.00 bits per heavy atom. The van der Waals surface area contributed by atoms with Crippen LogP contribution in [0.15, 0.2) is 36.7 Å². The van der Waals surface area contributed by atoms with E-state index in [1.54, 1.807) is 12.4 Å². The molecule has 0 bridgehead atoms. The van der Waals surface area contributed by atoms with Crippen molar-refractivity contribution in [3.63, 3.8) is 0 Å². The van der Waals surface area contributed by atoms with Gasteiger partial charge in [-0.05, 0) is 6.07 Å². The van der Waals surface area contributed by atoms with Crippen LogP contribution in [0.3, 0.4) is 0 Å². The molecule has 0 aliphatic heterocycles. The van der Waals surface area contributed by atoms with E-state index in [9.17, 15) is 0 Å². The highest BCUT2D eigenvalue weighted by molar-refractivity contribution is 6.02. The fraction of sp³-hybridized carbons (Fsp3) is 0. The number of hydrogen-bond acceptors (Lipinski definition) is 2. The highest BCUT2D eigenvalue weighted by Crippen LogP contribution is 2.20. The van der Waals surface area contributed by atoms with E-state index in [2.05, 4.69) is 22.1 Å². The minimum atomic E-state index is 0.891. The third-order valence-corrected chi connectivity index (χ3v) is 2.21. The van der Waals surface area contributed by atoms with Gasteiger partial charge in [-0.2, -0.15) is 0 Å². The van der Waals surface area contributed by atoms with Crippen molar-refractivity contribution in [3.8, 4) is 0 Å². The molecule has 2 radical (unpaired) electrons. The summed E-state index contributed by atoms with van der Waals surface area (Å²) in [6, 6.07) is 13.8. The second-order valence-corrected chi connectivity index (χ2v) is 3.06. The van der Waals surface area contributed by atoms with Gasteiger partial charge in [-0.3, -0.25) is 9.97 Å². The molecule has 0 N–H and O–H groups in total. The zero-order valence-corrected chi connectivity index (χ0v) is 7.36. The van der Waals surface area contributed by atoms with Gasteiger partial charge in [-0.1, -0.05) is 18.2 Å². The maximum absolute atomic E-state index is 4.31. The van der Waals surface area contributed by atoms with Gasteiger partial charge in [0, 0.05) is 35.3 Å². The molecular formula is C12H6N2. The van der Waals surface area contributed by atoms with E-state index in [-0.39, 0.29) is 0 Å². The maximum atomic E-state index is 4.31. The van der Waals surface area contributed by atoms with Gasteiger partial charge in [0.25, 0.3) is 0 Å². The van der Waals surface area contributed by atoms with E-state index in [4.69, 9.17) is 0 Å². The smallest absolute Gasteiger partial charge is 0.0971 e. The Balaban J connectivity index is 2.61. The Morgan fingerprint density at radius 3 is 3.00 bits per heavy atom. The zero-order valence-electron chi connectivity index (χ0n) is 7.36.